The van der Waals surface area contributed by atoms with Gasteiger partial charge in [-0.05, 0) is 44.3 Å². The van der Waals surface area contributed by atoms with E-state index in [1.165, 1.54) is 6.07 Å². The molecule has 10 nitrogen and oxygen atoms in total. The highest BCUT2D eigenvalue weighted by Crippen LogP contribution is 2.35. The Hall–Kier alpha value is -3.31. The number of aromatic nitrogens is 2. The van der Waals surface area contributed by atoms with Crippen molar-refractivity contribution in [1.29, 1.82) is 0 Å². The molecule has 3 aromatic rings. The summed E-state index contributed by atoms with van der Waals surface area (Å²) < 4.78 is 39.4. The van der Waals surface area contributed by atoms with Crippen LogP contribution < -0.4 is 14.5 Å². The van der Waals surface area contributed by atoms with Crippen molar-refractivity contribution in [3.63, 3.8) is 0 Å². The summed E-state index contributed by atoms with van der Waals surface area (Å²) in [5.74, 6) is -0.158. The third kappa shape index (κ3) is 4.19. The van der Waals surface area contributed by atoms with Crippen molar-refractivity contribution in [2.24, 2.45) is 0 Å². The van der Waals surface area contributed by atoms with E-state index in [-0.39, 0.29) is 17.2 Å². The van der Waals surface area contributed by atoms with Crippen LogP contribution in [0.15, 0.2) is 41.3 Å². The van der Waals surface area contributed by atoms with Gasteiger partial charge in [0.25, 0.3) is 10.0 Å². The van der Waals surface area contributed by atoms with Crippen LogP contribution in [0, 0.1) is 0 Å². The largest absolute Gasteiger partial charge is 0.490 e. The summed E-state index contributed by atoms with van der Waals surface area (Å²) in [5.41, 5.74) is 2.02. The molecule has 1 aromatic heterocycles. The summed E-state index contributed by atoms with van der Waals surface area (Å²) in [7, 11) is -0.118. The van der Waals surface area contributed by atoms with E-state index in [9.17, 15) is 13.2 Å². The van der Waals surface area contributed by atoms with Gasteiger partial charge in [0.15, 0.2) is 5.69 Å². The first-order chi connectivity index (χ1) is 16.8. The molecule has 0 unspecified atom stereocenters. The van der Waals surface area contributed by atoms with Crippen molar-refractivity contribution in [2.75, 3.05) is 69.8 Å². The number of nitrogens with zero attached hydrogens (tertiary/aromatic N) is 5. The first-order valence-corrected chi connectivity index (χ1v) is 13.1. The van der Waals surface area contributed by atoms with Crippen LogP contribution in [0.25, 0.3) is 10.9 Å². The SMILES string of the molecule is CCOC(=O)c1nn(S(=O)(=O)c2ccc3c(c2)OCCN3C)c2cc(N3CCN(C)CC3)ccc12. The lowest BCUT2D eigenvalue weighted by Gasteiger charge is -2.34. The van der Waals surface area contributed by atoms with Gasteiger partial charge in [-0.1, -0.05) is 0 Å². The van der Waals surface area contributed by atoms with Gasteiger partial charge in [-0.15, -0.1) is 5.10 Å². The van der Waals surface area contributed by atoms with Crippen molar-refractivity contribution < 1.29 is 22.7 Å². The number of carbonyl (C=O) groups excluding carboxylic acids is 1. The number of hydrogen-bond acceptors (Lipinski definition) is 9. The number of anilines is 2. The Morgan fingerprint density at radius 3 is 2.57 bits per heavy atom. The first-order valence-electron chi connectivity index (χ1n) is 11.7. The van der Waals surface area contributed by atoms with E-state index in [0.29, 0.717) is 23.3 Å². The van der Waals surface area contributed by atoms with Gasteiger partial charge < -0.3 is 24.2 Å². The van der Waals surface area contributed by atoms with Crippen molar-refractivity contribution in [1.82, 2.24) is 14.1 Å². The maximum atomic E-state index is 13.8. The number of fused-ring (bicyclic) bond motifs is 2. The number of benzene rings is 2. The lowest BCUT2D eigenvalue weighted by molar-refractivity contribution is 0.0521. The van der Waals surface area contributed by atoms with E-state index >= 15 is 0 Å². The highest BCUT2D eigenvalue weighted by Gasteiger charge is 2.29. The molecule has 5 rings (SSSR count). The van der Waals surface area contributed by atoms with E-state index in [2.05, 4.69) is 21.9 Å². The molecule has 0 N–H and O–H groups in total. The fourth-order valence-electron chi connectivity index (χ4n) is 4.47. The van der Waals surface area contributed by atoms with E-state index in [1.54, 1.807) is 31.2 Å². The Bertz CT molecular complexity index is 1380. The topological polar surface area (TPSA) is 97.2 Å². The lowest BCUT2D eigenvalue weighted by atomic mass is 10.1. The van der Waals surface area contributed by atoms with E-state index in [1.807, 2.05) is 18.0 Å². The summed E-state index contributed by atoms with van der Waals surface area (Å²) in [6.45, 7) is 6.52. The van der Waals surface area contributed by atoms with E-state index in [4.69, 9.17) is 9.47 Å². The average Bonchev–Trinajstić information content (AvgIpc) is 3.24. The van der Waals surface area contributed by atoms with Crippen LogP contribution in [0.1, 0.15) is 17.4 Å². The van der Waals surface area contributed by atoms with Crippen LogP contribution in [0.2, 0.25) is 0 Å². The van der Waals surface area contributed by atoms with Crippen LogP contribution in [0.3, 0.4) is 0 Å². The summed E-state index contributed by atoms with van der Waals surface area (Å²) in [5, 5.41) is 4.69. The third-order valence-corrected chi connectivity index (χ3v) is 8.11. The zero-order valence-corrected chi connectivity index (χ0v) is 20.9. The predicted octanol–water partition coefficient (Wildman–Crippen LogP) is 2.03. The molecule has 0 saturated carbocycles. The number of rotatable bonds is 5. The summed E-state index contributed by atoms with van der Waals surface area (Å²) >= 11 is 0. The van der Waals surface area contributed by atoms with Crippen molar-refractivity contribution in [3.8, 4) is 5.75 Å². The molecule has 2 aromatic carbocycles. The normalized spacial score (nSPS) is 16.8. The van der Waals surface area contributed by atoms with Crippen LogP contribution in [-0.2, 0) is 14.8 Å². The van der Waals surface area contributed by atoms with Gasteiger partial charge in [-0.3, -0.25) is 0 Å². The zero-order chi connectivity index (χ0) is 24.7. The fraction of sp³-hybridized carbons (Fsp3) is 0.417. The van der Waals surface area contributed by atoms with Gasteiger partial charge >= 0.3 is 5.97 Å². The fourth-order valence-corrected chi connectivity index (χ4v) is 5.77. The second-order valence-corrected chi connectivity index (χ2v) is 10.6. The van der Waals surface area contributed by atoms with Gasteiger partial charge in [-0.2, -0.15) is 12.5 Å². The molecule has 35 heavy (non-hydrogen) atoms. The first kappa shape index (κ1) is 23.4. The molecule has 0 atom stereocenters. The molecule has 2 aliphatic heterocycles. The predicted molar refractivity (Wildman–Crippen MR) is 133 cm³/mol. The van der Waals surface area contributed by atoms with Gasteiger partial charge in [0.2, 0.25) is 0 Å². The number of likely N-dealkylation sites (N-methyl/N-ethyl adjacent to an activating group) is 2. The highest BCUT2D eigenvalue weighted by molar-refractivity contribution is 7.90. The van der Waals surface area contributed by atoms with Crippen LogP contribution in [0.5, 0.6) is 5.75 Å². The van der Waals surface area contributed by atoms with Crippen LogP contribution in [-0.4, -0.2) is 88.5 Å². The maximum absolute atomic E-state index is 13.8. The minimum Gasteiger partial charge on any atom is -0.490 e. The maximum Gasteiger partial charge on any atom is 0.359 e. The minimum atomic E-state index is -4.13. The van der Waals surface area contributed by atoms with E-state index in [0.717, 1.165) is 48.2 Å². The van der Waals surface area contributed by atoms with Gasteiger partial charge in [0.05, 0.1) is 29.3 Å². The van der Waals surface area contributed by atoms with Crippen molar-refractivity contribution in [2.45, 2.75) is 11.8 Å². The molecule has 0 aliphatic carbocycles. The van der Waals surface area contributed by atoms with Crippen LogP contribution >= 0.6 is 0 Å². The molecule has 2 aliphatic rings. The molecular weight excluding hydrogens is 470 g/mol. The minimum absolute atomic E-state index is 0.0238. The quantitative estimate of drug-likeness (QED) is 0.489. The second-order valence-electron chi connectivity index (χ2n) is 8.81. The van der Waals surface area contributed by atoms with E-state index < -0.39 is 16.0 Å². The molecule has 1 saturated heterocycles. The standard InChI is InChI=1S/C24H29N5O5S/c1-4-33-24(30)23-19-7-5-17(28-11-9-26(2)10-12-28)15-21(19)29(25-23)35(31,32)18-6-8-20-22(16-18)34-14-13-27(20)3/h5-8,15-16H,4,9-14H2,1-3H3. The molecule has 0 amide bonds. The number of carbonyl (C=O) groups is 1. The van der Waals surface area contributed by atoms with Crippen molar-refractivity contribution in [3.05, 3.63) is 42.1 Å². The number of ether oxygens (including phenoxy) is 2. The van der Waals surface area contributed by atoms with Crippen molar-refractivity contribution >= 4 is 38.3 Å². The monoisotopic (exact) mass is 499 g/mol. The molecule has 186 valence electrons. The van der Waals surface area contributed by atoms with Crippen LogP contribution in [0.4, 0.5) is 11.4 Å². The Kier molecular flexibility index (Phi) is 6.06. The molecule has 3 heterocycles. The Morgan fingerprint density at radius 2 is 1.83 bits per heavy atom. The molecular formula is C24H29N5O5S. The second kappa shape index (κ2) is 9.04. The molecule has 1 fully saturated rings. The summed E-state index contributed by atoms with van der Waals surface area (Å²) in [6.07, 6.45) is 0. The lowest BCUT2D eigenvalue weighted by Crippen LogP contribution is -2.44. The zero-order valence-electron chi connectivity index (χ0n) is 20.1. The molecule has 0 radical (unpaired) electrons. The Labute approximate surface area is 204 Å². The Morgan fingerprint density at radius 1 is 1.06 bits per heavy atom. The summed E-state index contributed by atoms with van der Waals surface area (Å²) in [4.78, 5) is 19.2. The van der Waals surface area contributed by atoms with Gasteiger partial charge in [-0.25, -0.2) is 4.79 Å². The molecule has 0 spiro atoms. The summed E-state index contributed by atoms with van der Waals surface area (Å²) in [6, 6.07) is 10.2. The molecule has 0 bridgehead atoms. The van der Waals surface area contributed by atoms with Gasteiger partial charge in [0, 0.05) is 50.4 Å². The molecule has 11 heteroatoms. The smallest absolute Gasteiger partial charge is 0.359 e. The highest BCUT2D eigenvalue weighted by atomic mass is 32.2. The number of piperazine rings is 1. The number of hydrogen-bond donors (Lipinski definition) is 0. The third-order valence-electron chi connectivity index (χ3n) is 6.52. The van der Waals surface area contributed by atoms with Gasteiger partial charge in [0.1, 0.15) is 12.4 Å². The average molecular weight is 500 g/mol. The number of esters is 1. The Balaban J connectivity index is 1.63.